The fourth-order valence-corrected chi connectivity index (χ4v) is 3.26. The molecule has 0 amide bonds. The number of nitrogens with one attached hydrogen (secondary N) is 1. The highest BCUT2D eigenvalue weighted by Crippen LogP contribution is 2.32. The molecule has 0 aliphatic heterocycles. The van der Waals surface area contributed by atoms with Gasteiger partial charge in [-0.2, -0.15) is 4.39 Å². The summed E-state index contributed by atoms with van der Waals surface area (Å²) in [4.78, 5) is 11.7. The Bertz CT molecular complexity index is 1180. The second kappa shape index (κ2) is 7.15. The van der Waals surface area contributed by atoms with E-state index in [4.69, 9.17) is 4.74 Å². The Hall–Kier alpha value is -3.67. The van der Waals surface area contributed by atoms with Gasteiger partial charge in [0.1, 0.15) is 17.1 Å². The van der Waals surface area contributed by atoms with Crippen molar-refractivity contribution in [3.8, 4) is 22.6 Å². The molecule has 0 fully saturated rings. The fourth-order valence-electron chi connectivity index (χ4n) is 3.26. The zero-order chi connectivity index (χ0) is 19.7. The van der Waals surface area contributed by atoms with Crippen LogP contribution < -0.4 is 4.74 Å². The van der Waals surface area contributed by atoms with Gasteiger partial charge in [0.2, 0.25) is 5.95 Å². The summed E-state index contributed by atoms with van der Waals surface area (Å²) in [7, 11) is 0. The Morgan fingerprint density at radius 1 is 1.18 bits per heavy atom. The standard InChI is InChI=1S/C22H17FN2O3/c1-2-13-4-3-5-14-10-16(7-8-17(13)14)28-20-9-6-15(11-18(20)22(26)27)19-12-24-25-21(19)23/h3-12H,2H2,1H3,(H,24,25)(H,26,27). The second-order valence-corrected chi connectivity index (χ2v) is 6.36. The minimum Gasteiger partial charge on any atom is -0.478 e. The molecule has 0 saturated carbocycles. The number of hydrogen-bond donors (Lipinski definition) is 2. The molecule has 0 unspecified atom stereocenters. The van der Waals surface area contributed by atoms with Gasteiger partial charge in [-0.25, -0.2) is 4.79 Å². The molecular formula is C22H17FN2O3. The number of carboxylic acid groups (broad SMARTS) is 1. The molecule has 140 valence electrons. The Morgan fingerprint density at radius 2 is 2.04 bits per heavy atom. The molecule has 4 rings (SSSR count). The van der Waals surface area contributed by atoms with E-state index in [0.717, 1.165) is 17.2 Å². The molecule has 28 heavy (non-hydrogen) atoms. The van der Waals surface area contributed by atoms with Crippen LogP contribution in [0.15, 0.2) is 60.8 Å². The quantitative estimate of drug-likeness (QED) is 0.487. The van der Waals surface area contributed by atoms with Crippen LogP contribution in [0, 0.1) is 5.95 Å². The van der Waals surface area contributed by atoms with Crippen molar-refractivity contribution >= 4 is 16.7 Å². The third-order valence-electron chi connectivity index (χ3n) is 4.67. The van der Waals surface area contributed by atoms with Crippen LogP contribution in [0.5, 0.6) is 11.5 Å². The molecule has 0 spiro atoms. The number of aromatic carboxylic acids is 1. The van der Waals surface area contributed by atoms with Gasteiger partial charge < -0.3 is 9.84 Å². The third-order valence-corrected chi connectivity index (χ3v) is 4.67. The van der Waals surface area contributed by atoms with Crippen molar-refractivity contribution in [1.29, 1.82) is 0 Å². The predicted octanol–water partition coefficient (Wildman–Crippen LogP) is 5.42. The first-order chi connectivity index (χ1) is 13.6. The molecule has 0 radical (unpaired) electrons. The zero-order valence-corrected chi connectivity index (χ0v) is 15.1. The highest BCUT2D eigenvalue weighted by Gasteiger charge is 2.16. The van der Waals surface area contributed by atoms with Crippen LogP contribution in [0.1, 0.15) is 22.8 Å². The highest BCUT2D eigenvalue weighted by molar-refractivity contribution is 5.93. The average Bonchev–Trinajstić information content (AvgIpc) is 3.13. The Balaban J connectivity index is 1.72. The molecule has 0 aliphatic carbocycles. The van der Waals surface area contributed by atoms with Gasteiger partial charge in [0.05, 0.1) is 5.56 Å². The van der Waals surface area contributed by atoms with E-state index in [2.05, 4.69) is 23.2 Å². The molecule has 2 N–H and O–H groups in total. The largest absolute Gasteiger partial charge is 0.478 e. The minimum atomic E-state index is -1.16. The number of aromatic nitrogens is 2. The number of ether oxygens (including phenoxy) is 1. The lowest BCUT2D eigenvalue weighted by atomic mass is 10.0. The normalized spacial score (nSPS) is 10.9. The second-order valence-electron chi connectivity index (χ2n) is 6.36. The number of carbonyl (C=O) groups is 1. The van der Waals surface area contributed by atoms with E-state index in [1.807, 2.05) is 30.3 Å². The van der Waals surface area contributed by atoms with E-state index >= 15 is 0 Å². The van der Waals surface area contributed by atoms with Gasteiger partial charge in [0.25, 0.3) is 0 Å². The van der Waals surface area contributed by atoms with Crippen LogP contribution in [-0.2, 0) is 6.42 Å². The summed E-state index contributed by atoms with van der Waals surface area (Å²) in [6, 6.07) is 16.2. The minimum absolute atomic E-state index is 0.0551. The lowest BCUT2D eigenvalue weighted by molar-refractivity contribution is 0.0694. The molecule has 1 aromatic heterocycles. The predicted molar refractivity (Wildman–Crippen MR) is 104 cm³/mol. The van der Waals surface area contributed by atoms with E-state index in [-0.39, 0.29) is 16.9 Å². The zero-order valence-electron chi connectivity index (χ0n) is 15.1. The van der Waals surface area contributed by atoms with Crippen molar-refractivity contribution in [2.45, 2.75) is 13.3 Å². The van der Waals surface area contributed by atoms with Crippen LogP contribution >= 0.6 is 0 Å². The first-order valence-electron chi connectivity index (χ1n) is 8.83. The van der Waals surface area contributed by atoms with E-state index in [1.54, 1.807) is 6.07 Å². The molecular weight excluding hydrogens is 359 g/mol. The molecule has 6 heteroatoms. The number of aryl methyl sites for hydroxylation is 1. The molecule has 0 aliphatic rings. The molecule has 0 saturated heterocycles. The summed E-state index contributed by atoms with van der Waals surface area (Å²) in [5, 5.41) is 17.6. The van der Waals surface area contributed by atoms with E-state index < -0.39 is 11.9 Å². The number of carboxylic acids is 1. The smallest absolute Gasteiger partial charge is 0.339 e. The number of rotatable bonds is 5. The SMILES string of the molecule is CCc1cccc2cc(Oc3ccc(-c4c[nH]nc4F)cc3C(=O)O)ccc12. The summed E-state index contributed by atoms with van der Waals surface area (Å²) >= 11 is 0. The topological polar surface area (TPSA) is 75.2 Å². The highest BCUT2D eigenvalue weighted by atomic mass is 19.1. The maximum absolute atomic E-state index is 13.7. The summed E-state index contributed by atoms with van der Waals surface area (Å²) in [5.41, 5.74) is 1.79. The van der Waals surface area contributed by atoms with Crippen molar-refractivity contribution in [2.75, 3.05) is 0 Å². The molecule has 0 bridgehead atoms. The summed E-state index contributed by atoms with van der Waals surface area (Å²) in [6.45, 7) is 2.10. The number of aromatic amines is 1. The molecule has 1 heterocycles. The first kappa shape index (κ1) is 17.7. The molecule has 4 aromatic rings. The van der Waals surface area contributed by atoms with Gasteiger partial charge in [-0.3, -0.25) is 5.10 Å². The van der Waals surface area contributed by atoms with Gasteiger partial charge in [-0.1, -0.05) is 37.3 Å². The first-order valence-corrected chi connectivity index (χ1v) is 8.83. The molecule has 5 nitrogen and oxygen atoms in total. The molecule has 3 aromatic carbocycles. The van der Waals surface area contributed by atoms with Gasteiger partial charge in [-0.15, -0.1) is 5.10 Å². The van der Waals surface area contributed by atoms with Crippen LogP contribution in [0.2, 0.25) is 0 Å². The Labute approximate surface area is 160 Å². The van der Waals surface area contributed by atoms with E-state index in [1.165, 1.54) is 23.9 Å². The fraction of sp³-hybridized carbons (Fsp3) is 0.0909. The van der Waals surface area contributed by atoms with Gasteiger partial charge >= 0.3 is 5.97 Å². The Kier molecular flexibility index (Phi) is 4.53. The number of halogens is 1. The summed E-state index contributed by atoms with van der Waals surface area (Å²) in [6.07, 6.45) is 2.30. The van der Waals surface area contributed by atoms with E-state index in [9.17, 15) is 14.3 Å². The number of benzene rings is 3. The van der Waals surface area contributed by atoms with Crippen LogP contribution in [0.25, 0.3) is 21.9 Å². The average molecular weight is 376 g/mol. The van der Waals surface area contributed by atoms with Crippen molar-refractivity contribution in [1.82, 2.24) is 10.2 Å². The van der Waals surface area contributed by atoms with Crippen molar-refractivity contribution < 1.29 is 19.0 Å². The van der Waals surface area contributed by atoms with Crippen molar-refractivity contribution in [3.05, 3.63) is 77.9 Å². The number of fused-ring (bicyclic) bond motifs is 1. The summed E-state index contributed by atoms with van der Waals surface area (Å²) in [5.74, 6) is -1.13. The van der Waals surface area contributed by atoms with Gasteiger partial charge in [0.15, 0.2) is 0 Å². The van der Waals surface area contributed by atoms with E-state index in [0.29, 0.717) is 11.3 Å². The van der Waals surface area contributed by atoms with Crippen LogP contribution in [0.3, 0.4) is 0 Å². The van der Waals surface area contributed by atoms with Crippen LogP contribution in [-0.4, -0.2) is 21.3 Å². The summed E-state index contributed by atoms with van der Waals surface area (Å²) < 4.78 is 19.6. The van der Waals surface area contributed by atoms with Gasteiger partial charge in [-0.05, 0) is 52.6 Å². The number of nitrogens with zero attached hydrogens (tertiary/aromatic N) is 1. The monoisotopic (exact) mass is 376 g/mol. The number of hydrogen-bond acceptors (Lipinski definition) is 3. The van der Waals surface area contributed by atoms with Crippen molar-refractivity contribution in [3.63, 3.8) is 0 Å². The number of H-pyrrole nitrogens is 1. The maximum atomic E-state index is 13.7. The molecule has 0 atom stereocenters. The maximum Gasteiger partial charge on any atom is 0.339 e. The van der Waals surface area contributed by atoms with Gasteiger partial charge in [0, 0.05) is 6.20 Å². The van der Waals surface area contributed by atoms with Crippen LogP contribution in [0.4, 0.5) is 4.39 Å². The third kappa shape index (κ3) is 3.20. The van der Waals surface area contributed by atoms with Crippen molar-refractivity contribution in [2.24, 2.45) is 0 Å². The Morgan fingerprint density at radius 3 is 2.75 bits per heavy atom. The lowest BCUT2D eigenvalue weighted by Gasteiger charge is -2.12. The lowest BCUT2D eigenvalue weighted by Crippen LogP contribution is -2.01.